The predicted molar refractivity (Wildman–Crippen MR) is 114 cm³/mol. The second-order valence-corrected chi connectivity index (χ2v) is 8.41. The molecule has 0 aliphatic rings. The molecule has 0 radical (unpaired) electrons. The molecule has 0 aliphatic heterocycles. The van der Waals surface area contributed by atoms with Gasteiger partial charge in [0.1, 0.15) is 13.2 Å². The fourth-order valence-electron chi connectivity index (χ4n) is 1.79. The molecule has 2 N–H and O–H groups in total. The van der Waals surface area contributed by atoms with Crippen LogP contribution in [0, 0.1) is 11.8 Å². The quantitative estimate of drug-likeness (QED) is 0.249. The Bertz CT molecular complexity index is 355. The van der Waals surface area contributed by atoms with Crippen molar-refractivity contribution in [1.82, 2.24) is 10.6 Å². The van der Waals surface area contributed by atoms with Gasteiger partial charge in [-0.05, 0) is 14.1 Å². The SMILES string of the molecule is CNCCOC(=O)C(C)CSCCOCCSCC(C)C(=O)OCCNC. The summed E-state index contributed by atoms with van der Waals surface area (Å²) >= 11 is 3.39. The zero-order chi connectivity index (χ0) is 20.3. The molecule has 0 rings (SSSR count). The van der Waals surface area contributed by atoms with Gasteiger partial charge in [0.05, 0.1) is 25.0 Å². The molecule has 0 heterocycles. The molecule has 0 aliphatic carbocycles. The third-order valence-corrected chi connectivity index (χ3v) is 5.86. The molecule has 160 valence electrons. The number of carbonyl (C=O) groups is 2. The first-order chi connectivity index (χ1) is 13.0. The normalized spacial score (nSPS) is 13.2. The summed E-state index contributed by atoms with van der Waals surface area (Å²) < 4.78 is 15.9. The minimum atomic E-state index is -0.145. The van der Waals surface area contributed by atoms with Gasteiger partial charge < -0.3 is 24.8 Å². The van der Waals surface area contributed by atoms with Crippen molar-refractivity contribution in [3.05, 3.63) is 0 Å². The number of rotatable bonds is 18. The highest BCUT2D eigenvalue weighted by molar-refractivity contribution is 7.99. The molecule has 0 spiro atoms. The number of hydrogen-bond acceptors (Lipinski definition) is 9. The lowest BCUT2D eigenvalue weighted by Gasteiger charge is -2.12. The van der Waals surface area contributed by atoms with Crippen LogP contribution in [0.5, 0.6) is 0 Å². The molecule has 0 aromatic carbocycles. The highest BCUT2D eigenvalue weighted by atomic mass is 32.2. The summed E-state index contributed by atoms with van der Waals surface area (Å²) in [5.74, 6) is 2.70. The molecule has 7 nitrogen and oxygen atoms in total. The maximum Gasteiger partial charge on any atom is 0.309 e. The van der Waals surface area contributed by atoms with Crippen LogP contribution in [0.25, 0.3) is 0 Å². The van der Waals surface area contributed by atoms with Gasteiger partial charge in [0.25, 0.3) is 0 Å². The first-order valence-corrected chi connectivity index (χ1v) is 11.7. The van der Waals surface area contributed by atoms with Crippen molar-refractivity contribution in [2.75, 3.05) is 76.6 Å². The highest BCUT2D eigenvalue weighted by Gasteiger charge is 2.15. The van der Waals surface area contributed by atoms with Crippen molar-refractivity contribution in [3.63, 3.8) is 0 Å². The number of ether oxygens (including phenoxy) is 3. The van der Waals surface area contributed by atoms with Gasteiger partial charge in [-0.2, -0.15) is 23.5 Å². The summed E-state index contributed by atoms with van der Waals surface area (Å²) in [5, 5.41) is 5.88. The first kappa shape index (κ1) is 26.5. The van der Waals surface area contributed by atoms with E-state index in [-0.39, 0.29) is 23.8 Å². The molecule has 0 bridgehead atoms. The Balaban J connectivity index is 3.46. The lowest BCUT2D eigenvalue weighted by molar-refractivity contribution is -0.147. The van der Waals surface area contributed by atoms with Gasteiger partial charge in [0, 0.05) is 36.1 Å². The minimum Gasteiger partial charge on any atom is -0.464 e. The summed E-state index contributed by atoms with van der Waals surface area (Å²) in [6.07, 6.45) is 0. The van der Waals surface area contributed by atoms with Crippen molar-refractivity contribution in [3.8, 4) is 0 Å². The summed E-state index contributed by atoms with van der Waals surface area (Å²) in [7, 11) is 3.65. The van der Waals surface area contributed by atoms with Crippen LogP contribution in [0.1, 0.15) is 13.8 Å². The van der Waals surface area contributed by atoms with E-state index in [1.165, 1.54) is 0 Å². The standard InChI is InChI=1S/C18H36N2O5S2/c1-15(17(21)24-7-5-19-3)13-26-11-9-23-10-12-27-14-16(2)18(22)25-8-6-20-4/h15-16,19-20H,5-14H2,1-4H3. The predicted octanol–water partition coefficient (Wildman–Crippen LogP) is 1.27. The average molecular weight is 425 g/mol. The lowest BCUT2D eigenvalue weighted by atomic mass is 10.2. The summed E-state index contributed by atoms with van der Waals surface area (Å²) in [6.45, 7) is 7.27. The Labute approximate surface area is 172 Å². The van der Waals surface area contributed by atoms with Crippen molar-refractivity contribution >= 4 is 35.5 Å². The lowest BCUT2D eigenvalue weighted by Crippen LogP contribution is -2.22. The van der Waals surface area contributed by atoms with Crippen molar-refractivity contribution in [2.45, 2.75) is 13.8 Å². The van der Waals surface area contributed by atoms with E-state index in [2.05, 4.69) is 10.6 Å². The number of thioether (sulfide) groups is 2. The molecular weight excluding hydrogens is 388 g/mol. The Kier molecular flexibility index (Phi) is 18.5. The van der Waals surface area contributed by atoms with Gasteiger partial charge in [0.15, 0.2) is 0 Å². The van der Waals surface area contributed by atoms with E-state index in [1.807, 2.05) is 27.9 Å². The number of esters is 2. The molecule has 2 unspecified atom stereocenters. The molecule has 27 heavy (non-hydrogen) atoms. The van der Waals surface area contributed by atoms with Crippen LogP contribution >= 0.6 is 23.5 Å². The van der Waals surface area contributed by atoms with Crippen LogP contribution in [-0.4, -0.2) is 88.6 Å². The zero-order valence-corrected chi connectivity index (χ0v) is 18.7. The van der Waals surface area contributed by atoms with Crippen molar-refractivity contribution < 1.29 is 23.8 Å². The summed E-state index contributed by atoms with van der Waals surface area (Å²) in [5.41, 5.74) is 0. The Morgan fingerprint density at radius 1 is 0.778 bits per heavy atom. The monoisotopic (exact) mass is 424 g/mol. The van der Waals surface area contributed by atoms with E-state index in [1.54, 1.807) is 23.5 Å². The molecule has 0 aromatic rings. The highest BCUT2D eigenvalue weighted by Crippen LogP contribution is 2.11. The van der Waals surface area contributed by atoms with Gasteiger partial charge in [0.2, 0.25) is 0 Å². The third kappa shape index (κ3) is 16.2. The fraction of sp³-hybridized carbons (Fsp3) is 0.889. The van der Waals surface area contributed by atoms with Crippen molar-refractivity contribution in [2.24, 2.45) is 11.8 Å². The van der Waals surface area contributed by atoms with Gasteiger partial charge >= 0.3 is 11.9 Å². The second-order valence-electron chi connectivity index (χ2n) is 6.11. The Morgan fingerprint density at radius 2 is 1.19 bits per heavy atom. The van der Waals surface area contributed by atoms with Crippen LogP contribution in [0.2, 0.25) is 0 Å². The van der Waals surface area contributed by atoms with E-state index >= 15 is 0 Å². The van der Waals surface area contributed by atoms with Crippen LogP contribution in [0.3, 0.4) is 0 Å². The van der Waals surface area contributed by atoms with E-state index in [0.29, 0.717) is 39.5 Å². The van der Waals surface area contributed by atoms with E-state index < -0.39 is 0 Å². The maximum atomic E-state index is 11.7. The van der Waals surface area contributed by atoms with Gasteiger partial charge in [-0.1, -0.05) is 13.8 Å². The molecule has 2 atom stereocenters. The molecule has 0 aromatic heterocycles. The van der Waals surface area contributed by atoms with Crippen LogP contribution < -0.4 is 10.6 Å². The summed E-state index contributed by atoms with van der Waals surface area (Å²) in [4.78, 5) is 23.4. The minimum absolute atomic E-state index is 0.100. The average Bonchev–Trinajstić information content (AvgIpc) is 2.66. The molecule has 9 heteroatoms. The van der Waals surface area contributed by atoms with Gasteiger partial charge in [-0.3, -0.25) is 9.59 Å². The smallest absolute Gasteiger partial charge is 0.309 e. The third-order valence-electron chi connectivity index (χ3n) is 3.48. The second kappa shape index (κ2) is 18.9. The van der Waals surface area contributed by atoms with Crippen molar-refractivity contribution in [1.29, 1.82) is 0 Å². The molecule has 0 amide bonds. The van der Waals surface area contributed by atoms with E-state index in [9.17, 15) is 9.59 Å². The van der Waals surface area contributed by atoms with Gasteiger partial charge in [-0.15, -0.1) is 0 Å². The largest absolute Gasteiger partial charge is 0.464 e. The van der Waals surface area contributed by atoms with E-state index in [0.717, 1.165) is 23.0 Å². The Hall–Kier alpha value is -0.480. The molecule has 0 fully saturated rings. The van der Waals surface area contributed by atoms with Gasteiger partial charge in [-0.25, -0.2) is 0 Å². The number of hydrogen-bond donors (Lipinski definition) is 2. The van der Waals surface area contributed by atoms with Crippen LogP contribution in [-0.2, 0) is 23.8 Å². The topological polar surface area (TPSA) is 85.9 Å². The van der Waals surface area contributed by atoms with Crippen LogP contribution in [0.15, 0.2) is 0 Å². The maximum absolute atomic E-state index is 11.7. The van der Waals surface area contributed by atoms with E-state index in [4.69, 9.17) is 14.2 Å². The molecule has 0 saturated carbocycles. The zero-order valence-electron chi connectivity index (χ0n) is 17.1. The number of nitrogens with one attached hydrogen (secondary N) is 2. The Morgan fingerprint density at radius 3 is 1.56 bits per heavy atom. The number of carbonyl (C=O) groups excluding carboxylic acids is 2. The number of likely N-dealkylation sites (N-methyl/N-ethyl adjacent to an activating group) is 2. The molecular formula is C18H36N2O5S2. The summed E-state index contributed by atoms with van der Waals surface area (Å²) in [6, 6.07) is 0. The fourth-order valence-corrected chi connectivity index (χ4v) is 3.57. The molecule has 0 saturated heterocycles. The van der Waals surface area contributed by atoms with Crippen LogP contribution in [0.4, 0.5) is 0 Å². The first-order valence-electron chi connectivity index (χ1n) is 9.38.